The third-order valence-electron chi connectivity index (χ3n) is 5.28. The molecule has 198 valence electrons. The van der Waals surface area contributed by atoms with Gasteiger partial charge in [0.2, 0.25) is 10.0 Å². The van der Waals surface area contributed by atoms with Crippen molar-refractivity contribution in [2.24, 2.45) is 0 Å². The summed E-state index contributed by atoms with van der Waals surface area (Å²) in [5.41, 5.74) is 2.11. The molecule has 36 heavy (non-hydrogen) atoms. The fourth-order valence-corrected chi connectivity index (χ4v) is 4.77. The zero-order valence-electron chi connectivity index (χ0n) is 19.5. The van der Waals surface area contributed by atoms with Crippen molar-refractivity contribution in [3.63, 3.8) is 0 Å². The summed E-state index contributed by atoms with van der Waals surface area (Å²) in [6, 6.07) is 13.1. The van der Waals surface area contributed by atoms with Gasteiger partial charge in [-0.1, -0.05) is 30.3 Å². The van der Waals surface area contributed by atoms with E-state index in [1.807, 2.05) is 19.1 Å². The molecule has 1 aliphatic rings. The quantitative estimate of drug-likeness (QED) is 0.530. The Hall–Kier alpha value is -3.03. The maximum Gasteiger partial charge on any atom is 0.490 e. The molecule has 0 atom stereocenters. The Morgan fingerprint density at radius 3 is 2.14 bits per heavy atom. The van der Waals surface area contributed by atoms with Crippen LogP contribution in [0.4, 0.5) is 17.6 Å². The summed E-state index contributed by atoms with van der Waals surface area (Å²) in [5.74, 6) is -3.49. The van der Waals surface area contributed by atoms with Crippen LogP contribution >= 0.6 is 0 Å². The van der Waals surface area contributed by atoms with Crippen LogP contribution < -0.4 is 5.32 Å². The van der Waals surface area contributed by atoms with E-state index < -0.39 is 22.2 Å². The lowest BCUT2D eigenvalue weighted by atomic mass is 10.1. The minimum absolute atomic E-state index is 0.0663. The molecule has 2 aromatic carbocycles. The van der Waals surface area contributed by atoms with Crippen LogP contribution in [0.1, 0.15) is 21.5 Å². The third-order valence-corrected chi connectivity index (χ3v) is 7.13. The standard InChI is InChI=1S/C21H26FN3O3S.C2HF3O2/c1-17-4-2-3-5-20(17)21(26)24(16-18-6-8-19(22)9-7-18)14-15-29(27,28)25-12-10-23-11-13-25;3-2(4,5)1(6)7/h2-9,23H,10-16H2,1H3;(H,6,7). The molecule has 1 saturated heterocycles. The van der Waals surface area contributed by atoms with Gasteiger partial charge in [0.1, 0.15) is 5.82 Å². The number of alkyl halides is 3. The smallest absolute Gasteiger partial charge is 0.475 e. The Bertz CT molecular complexity index is 1140. The van der Waals surface area contributed by atoms with Gasteiger partial charge < -0.3 is 15.3 Å². The minimum atomic E-state index is -5.08. The van der Waals surface area contributed by atoms with E-state index in [9.17, 15) is 30.8 Å². The van der Waals surface area contributed by atoms with Gasteiger partial charge in [-0.3, -0.25) is 4.79 Å². The first-order chi connectivity index (χ1) is 16.8. The number of aryl methyl sites for hydroxylation is 1. The van der Waals surface area contributed by atoms with Crippen LogP contribution in [-0.4, -0.2) is 79.3 Å². The average Bonchev–Trinajstić information content (AvgIpc) is 2.83. The second-order valence-electron chi connectivity index (χ2n) is 7.94. The number of halogens is 4. The summed E-state index contributed by atoms with van der Waals surface area (Å²) < 4.78 is 71.9. The number of carboxylic acid groups (broad SMARTS) is 1. The van der Waals surface area contributed by atoms with Gasteiger partial charge in [-0.05, 0) is 36.2 Å². The van der Waals surface area contributed by atoms with Crippen LogP contribution in [0, 0.1) is 12.7 Å². The summed E-state index contributed by atoms with van der Waals surface area (Å²) >= 11 is 0. The Kier molecular flexibility index (Phi) is 10.4. The first kappa shape index (κ1) is 29.2. The van der Waals surface area contributed by atoms with E-state index in [-0.39, 0.29) is 30.6 Å². The fourth-order valence-electron chi connectivity index (χ4n) is 3.32. The molecule has 0 radical (unpaired) electrons. The summed E-state index contributed by atoms with van der Waals surface area (Å²) in [5, 5.41) is 10.3. The Balaban J connectivity index is 0.000000572. The van der Waals surface area contributed by atoms with Crippen LogP contribution in [0.5, 0.6) is 0 Å². The van der Waals surface area contributed by atoms with Crippen molar-refractivity contribution in [1.29, 1.82) is 0 Å². The molecule has 3 rings (SSSR count). The molecule has 8 nitrogen and oxygen atoms in total. The van der Waals surface area contributed by atoms with Crippen LogP contribution in [0.2, 0.25) is 0 Å². The van der Waals surface area contributed by atoms with Crippen LogP contribution in [0.25, 0.3) is 0 Å². The van der Waals surface area contributed by atoms with E-state index in [1.165, 1.54) is 21.3 Å². The molecule has 2 N–H and O–H groups in total. The molecule has 1 fully saturated rings. The molecule has 0 bridgehead atoms. The highest BCUT2D eigenvalue weighted by atomic mass is 32.2. The number of rotatable bonds is 7. The van der Waals surface area contributed by atoms with Gasteiger partial charge in [0.25, 0.3) is 5.91 Å². The van der Waals surface area contributed by atoms with Gasteiger partial charge in [-0.2, -0.15) is 17.5 Å². The van der Waals surface area contributed by atoms with Gasteiger partial charge in [-0.15, -0.1) is 0 Å². The average molecular weight is 534 g/mol. The van der Waals surface area contributed by atoms with Crippen molar-refractivity contribution >= 4 is 21.9 Å². The van der Waals surface area contributed by atoms with Gasteiger partial charge in [-0.25, -0.2) is 17.6 Å². The lowest BCUT2D eigenvalue weighted by molar-refractivity contribution is -0.192. The van der Waals surface area contributed by atoms with Gasteiger partial charge >= 0.3 is 12.1 Å². The highest BCUT2D eigenvalue weighted by Gasteiger charge is 2.38. The number of piperazine rings is 1. The van der Waals surface area contributed by atoms with Crippen LogP contribution in [0.15, 0.2) is 48.5 Å². The number of benzene rings is 2. The summed E-state index contributed by atoms with van der Waals surface area (Å²) in [4.78, 5) is 23.6. The van der Waals surface area contributed by atoms with Gasteiger partial charge in [0.05, 0.1) is 5.75 Å². The Morgan fingerprint density at radius 1 is 1.06 bits per heavy atom. The second-order valence-corrected chi connectivity index (χ2v) is 10.0. The molecule has 1 amide bonds. The summed E-state index contributed by atoms with van der Waals surface area (Å²) in [7, 11) is -3.46. The predicted molar refractivity (Wildman–Crippen MR) is 124 cm³/mol. The van der Waals surface area contributed by atoms with Crippen molar-refractivity contribution in [2.45, 2.75) is 19.6 Å². The van der Waals surface area contributed by atoms with Crippen LogP contribution in [-0.2, 0) is 21.4 Å². The number of hydrogen-bond acceptors (Lipinski definition) is 5. The topological polar surface area (TPSA) is 107 Å². The van der Waals surface area contributed by atoms with E-state index in [1.54, 1.807) is 24.3 Å². The number of sulfonamides is 1. The maximum absolute atomic E-state index is 13.2. The largest absolute Gasteiger partial charge is 0.490 e. The van der Waals surface area contributed by atoms with E-state index in [2.05, 4.69) is 5.32 Å². The number of amides is 1. The molecule has 0 spiro atoms. The number of nitrogens with one attached hydrogen (secondary N) is 1. The first-order valence-electron chi connectivity index (χ1n) is 10.9. The van der Waals surface area contributed by atoms with Crippen molar-refractivity contribution < 1.29 is 40.7 Å². The summed E-state index contributed by atoms with van der Waals surface area (Å²) in [6.07, 6.45) is -5.08. The molecule has 0 aliphatic carbocycles. The van der Waals surface area contributed by atoms with E-state index >= 15 is 0 Å². The highest BCUT2D eigenvalue weighted by molar-refractivity contribution is 7.89. The molecule has 2 aromatic rings. The monoisotopic (exact) mass is 533 g/mol. The SMILES string of the molecule is Cc1ccccc1C(=O)N(CCS(=O)(=O)N1CCNCC1)Cc1ccc(F)cc1.O=C(O)C(F)(F)F. The van der Waals surface area contributed by atoms with Crippen molar-refractivity contribution in [1.82, 2.24) is 14.5 Å². The highest BCUT2D eigenvalue weighted by Crippen LogP contribution is 2.16. The molecular formula is C23H27F4N3O5S. The molecular weight excluding hydrogens is 506 g/mol. The second kappa shape index (κ2) is 12.8. The third kappa shape index (κ3) is 8.88. The Labute approximate surface area is 206 Å². The first-order valence-corrected chi connectivity index (χ1v) is 12.5. The van der Waals surface area contributed by atoms with Crippen LogP contribution in [0.3, 0.4) is 0 Å². The van der Waals surface area contributed by atoms with Gasteiger partial charge in [0, 0.05) is 44.8 Å². The molecule has 0 saturated carbocycles. The molecule has 1 heterocycles. The van der Waals surface area contributed by atoms with Crippen molar-refractivity contribution in [3.8, 4) is 0 Å². The Morgan fingerprint density at radius 2 is 1.61 bits per heavy atom. The van der Waals surface area contributed by atoms with Gasteiger partial charge in [0.15, 0.2) is 0 Å². The minimum Gasteiger partial charge on any atom is -0.475 e. The zero-order chi connectivity index (χ0) is 26.9. The zero-order valence-corrected chi connectivity index (χ0v) is 20.3. The lowest BCUT2D eigenvalue weighted by Crippen LogP contribution is -2.48. The summed E-state index contributed by atoms with van der Waals surface area (Å²) in [6.45, 7) is 4.25. The molecule has 1 aliphatic heterocycles. The normalized spacial score (nSPS) is 14.5. The number of carboxylic acids is 1. The fraction of sp³-hybridized carbons (Fsp3) is 0.391. The van der Waals surface area contributed by atoms with Crippen molar-refractivity contribution in [3.05, 3.63) is 71.0 Å². The lowest BCUT2D eigenvalue weighted by Gasteiger charge is -2.29. The number of nitrogens with zero attached hydrogens (tertiary/aromatic N) is 2. The van der Waals surface area contributed by atoms with E-state index in [4.69, 9.17) is 9.90 Å². The molecule has 0 unspecified atom stereocenters. The number of carbonyl (C=O) groups excluding carboxylic acids is 1. The maximum atomic E-state index is 13.2. The molecule has 13 heteroatoms. The van der Waals surface area contributed by atoms with E-state index in [0.717, 1.165) is 11.1 Å². The molecule has 0 aromatic heterocycles. The van der Waals surface area contributed by atoms with Crippen molar-refractivity contribution in [2.75, 3.05) is 38.5 Å². The number of aliphatic carboxylic acids is 1. The van der Waals surface area contributed by atoms with E-state index in [0.29, 0.717) is 31.7 Å². The number of hydrogen-bond donors (Lipinski definition) is 2. The predicted octanol–water partition coefficient (Wildman–Crippen LogP) is 2.64. The number of carbonyl (C=O) groups is 2.